The fraction of sp³-hybridized carbons (Fsp3) is 0.324. The number of aromatic amines is 2. The van der Waals surface area contributed by atoms with E-state index in [1.807, 2.05) is 18.2 Å². The van der Waals surface area contributed by atoms with Gasteiger partial charge in [-0.05, 0) is 125 Å². The van der Waals surface area contributed by atoms with Gasteiger partial charge in [0.2, 0.25) is 0 Å². The van der Waals surface area contributed by atoms with Gasteiger partial charge in [-0.2, -0.15) is 0 Å². The van der Waals surface area contributed by atoms with Crippen molar-refractivity contribution in [3.63, 3.8) is 0 Å². The van der Waals surface area contributed by atoms with Gasteiger partial charge in [0, 0.05) is 15.9 Å². The monoisotopic (exact) mass is 722 g/mol. The molecule has 44 heavy (non-hydrogen) atoms. The molecule has 0 fully saturated rings. The number of fused-ring (bicyclic) bond motifs is 2. The number of hydrogen-bond donors (Lipinski definition) is 2. The highest BCUT2D eigenvalue weighted by Crippen LogP contribution is 2.42. The molecule has 0 spiro atoms. The predicted octanol–water partition coefficient (Wildman–Crippen LogP) is 7.60. The van der Waals surface area contributed by atoms with Crippen molar-refractivity contribution in [2.45, 2.75) is 57.3 Å². The van der Waals surface area contributed by atoms with Crippen LogP contribution in [-0.2, 0) is 35.2 Å². The van der Waals surface area contributed by atoms with Gasteiger partial charge < -0.3 is 24.2 Å². The van der Waals surface area contributed by atoms with Gasteiger partial charge in [-0.15, -0.1) is 0 Å². The average molecular weight is 724 g/mol. The Balaban J connectivity index is 1.47. The van der Waals surface area contributed by atoms with E-state index in [2.05, 4.69) is 41.8 Å². The third-order valence-corrected chi connectivity index (χ3v) is 9.75. The zero-order chi connectivity index (χ0) is 31.0. The minimum absolute atomic E-state index is 0.351. The van der Waals surface area contributed by atoms with E-state index >= 15 is 0 Å². The average Bonchev–Trinajstić information content (AvgIpc) is 3.62. The Morgan fingerprint density at radius 2 is 1.18 bits per heavy atom. The van der Waals surface area contributed by atoms with E-state index in [-0.39, 0.29) is 5.92 Å². The Morgan fingerprint density at radius 3 is 1.66 bits per heavy atom. The summed E-state index contributed by atoms with van der Waals surface area (Å²) in [6, 6.07) is 12.7. The number of ether oxygens (including phenoxy) is 3. The van der Waals surface area contributed by atoms with E-state index in [1.165, 1.54) is 14.2 Å². The summed E-state index contributed by atoms with van der Waals surface area (Å²) in [5.74, 6) is -1.20. The van der Waals surface area contributed by atoms with Gasteiger partial charge in [-0.3, -0.25) is 0 Å². The number of aromatic nitrogens is 2. The SMILES string of the molecule is COC(=O)c1[nH]c(C(c2ccc(C(=O)Oc3ccc(Br)cc3Br)cc2)c2[nH]c(C(=O)OC)c3c2CCCC3)c2c1CCCC2. The van der Waals surface area contributed by atoms with Gasteiger partial charge in [0.25, 0.3) is 0 Å². The summed E-state index contributed by atoms with van der Waals surface area (Å²) in [6.07, 6.45) is 7.24. The van der Waals surface area contributed by atoms with Crippen LogP contribution in [0.15, 0.2) is 51.4 Å². The summed E-state index contributed by atoms with van der Waals surface area (Å²) in [6.45, 7) is 0. The first kappa shape index (κ1) is 30.4. The lowest BCUT2D eigenvalue weighted by Gasteiger charge is -2.23. The summed E-state index contributed by atoms with van der Waals surface area (Å²) in [4.78, 5) is 45.8. The van der Waals surface area contributed by atoms with E-state index in [0.717, 1.165) is 95.0 Å². The molecule has 2 aliphatic rings. The van der Waals surface area contributed by atoms with Crippen molar-refractivity contribution in [2.24, 2.45) is 0 Å². The van der Waals surface area contributed by atoms with Gasteiger partial charge in [0.05, 0.1) is 30.2 Å². The van der Waals surface area contributed by atoms with E-state index in [9.17, 15) is 14.4 Å². The van der Waals surface area contributed by atoms with Gasteiger partial charge in [0.1, 0.15) is 17.1 Å². The fourth-order valence-electron chi connectivity index (χ4n) is 6.58. The zero-order valence-electron chi connectivity index (χ0n) is 24.5. The van der Waals surface area contributed by atoms with Crippen LogP contribution in [-0.4, -0.2) is 42.1 Å². The molecule has 6 rings (SSSR count). The van der Waals surface area contributed by atoms with Gasteiger partial charge in [0.15, 0.2) is 0 Å². The highest BCUT2D eigenvalue weighted by atomic mass is 79.9. The standard InChI is InChI=1S/C34H32Br2N2O6/c1-42-33(40)30-23-9-5-3-7-21(23)28(37-30)27(29-22-8-4-6-10-24(22)31(38-29)34(41)43-2)18-11-13-19(14-12-18)32(39)44-26-16-15-20(35)17-25(26)36/h11-17,27,37-38H,3-10H2,1-2H3. The molecule has 0 atom stereocenters. The fourth-order valence-corrected chi connectivity index (χ4v) is 7.71. The maximum Gasteiger partial charge on any atom is 0.354 e. The summed E-state index contributed by atoms with van der Waals surface area (Å²) in [5, 5.41) is 0. The molecule has 4 aromatic rings. The summed E-state index contributed by atoms with van der Waals surface area (Å²) in [7, 11) is 2.79. The highest BCUT2D eigenvalue weighted by Gasteiger charge is 2.35. The van der Waals surface area contributed by atoms with Crippen molar-refractivity contribution in [2.75, 3.05) is 14.2 Å². The third kappa shape index (κ3) is 5.65. The molecule has 2 aromatic heterocycles. The first-order valence-corrected chi connectivity index (χ1v) is 16.3. The number of H-pyrrole nitrogens is 2. The van der Waals surface area contributed by atoms with Crippen molar-refractivity contribution < 1.29 is 28.6 Å². The van der Waals surface area contributed by atoms with Crippen molar-refractivity contribution in [3.8, 4) is 5.75 Å². The van der Waals surface area contributed by atoms with Crippen LogP contribution in [0.25, 0.3) is 0 Å². The molecule has 0 saturated heterocycles. The number of halogens is 2. The molecule has 0 amide bonds. The van der Waals surface area contributed by atoms with Crippen LogP contribution in [0, 0.1) is 0 Å². The summed E-state index contributed by atoms with van der Waals surface area (Å²) in [5.41, 5.74) is 8.30. The van der Waals surface area contributed by atoms with Crippen LogP contribution < -0.4 is 4.74 Å². The van der Waals surface area contributed by atoms with Gasteiger partial charge in [-0.1, -0.05) is 28.1 Å². The molecule has 2 heterocycles. The lowest BCUT2D eigenvalue weighted by molar-refractivity contribution is 0.0584. The number of benzene rings is 2. The Kier molecular flexibility index (Phi) is 8.82. The second kappa shape index (κ2) is 12.8. The molecule has 0 bridgehead atoms. The van der Waals surface area contributed by atoms with E-state index in [1.54, 1.807) is 24.3 Å². The van der Waals surface area contributed by atoms with Crippen LogP contribution >= 0.6 is 31.9 Å². The molecule has 228 valence electrons. The summed E-state index contributed by atoms with van der Waals surface area (Å²) < 4.78 is 17.5. The van der Waals surface area contributed by atoms with Crippen molar-refractivity contribution in [3.05, 3.63) is 108 Å². The second-order valence-corrected chi connectivity index (χ2v) is 12.9. The molecular weight excluding hydrogens is 692 g/mol. The predicted molar refractivity (Wildman–Crippen MR) is 172 cm³/mol. The van der Waals surface area contributed by atoms with Gasteiger partial charge >= 0.3 is 17.9 Å². The Hall–Kier alpha value is -3.63. The number of esters is 3. The molecule has 0 radical (unpaired) electrons. The molecule has 0 aliphatic heterocycles. The number of carbonyl (C=O) groups excluding carboxylic acids is 3. The topological polar surface area (TPSA) is 110 Å². The molecule has 8 nitrogen and oxygen atoms in total. The Labute approximate surface area is 272 Å². The maximum atomic E-state index is 13.1. The van der Waals surface area contributed by atoms with Gasteiger partial charge in [-0.25, -0.2) is 14.4 Å². The van der Waals surface area contributed by atoms with Crippen molar-refractivity contribution in [1.29, 1.82) is 0 Å². The molecule has 10 heteroatoms. The maximum absolute atomic E-state index is 13.1. The smallest absolute Gasteiger partial charge is 0.354 e. The first-order valence-electron chi connectivity index (χ1n) is 14.7. The number of methoxy groups -OCH3 is 2. The second-order valence-electron chi connectivity index (χ2n) is 11.2. The normalized spacial score (nSPS) is 14.1. The highest BCUT2D eigenvalue weighted by molar-refractivity contribution is 9.11. The van der Waals surface area contributed by atoms with Crippen LogP contribution in [0.3, 0.4) is 0 Å². The Morgan fingerprint density at radius 1 is 0.682 bits per heavy atom. The van der Waals surface area contributed by atoms with Crippen LogP contribution in [0.2, 0.25) is 0 Å². The number of hydrogen-bond acceptors (Lipinski definition) is 6. The third-order valence-electron chi connectivity index (χ3n) is 8.64. The molecule has 2 aliphatic carbocycles. The van der Waals surface area contributed by atoms with E-state index < -0.39 is 17.9 Å². The molecule has 2 aromatic carbocycles. The van der Waals surface area contributed by atoms with Crippen molar-refractivity contribution >= 4 is 49.8 Å². The minimum atomic E-state index is -0.480. The number of rotatable bonds is 7. The minimum Gasteiger partial charge on any atom is -0.464 e. The summed E-state index contributed by atoms with van der Waals surface area (Å²) >= 11 is 6.86. The number of carbonyl (C=O) groups is 3. The molecule has 2 N–H and O–H groups in total. The largest absolute Gasteiger partial charge is 0.464 e. The molecule has 0 saturated carbocycles. The lowest BCUT2D eigenvalue weighted by Crippen LogP contribution is -2.13. The van der Waals surface area contributed by atoms with E-state index in [4.69, 9.17) is 14.2 Å². The zero-order valence-corrected chi connectivity index (χ0v) is 27.7. The lowest BCUT2D eigenvalue weighted by atomic mass is 9.81. The quantitative estimate of drug-likeness (QED) is 0.150. The Bertz CT molecular complexity index is 1680. The molecular formula is C34H32Br2N2O6. The van der Waals surface area contributed by atoms with E-state index in [0.29, 0.717) is 27.2 Å². The number of nitrogens with one attached hydrogen (secondary N) is 2. The van der Waals surface area contributed by atoms with Crippen LogP contribution in [0.5, 0.6) is 5.75 Å². The van der Waals surface area contributed by atoms with Crippen LogP contribution in [0.1, 0.15) is 102 Å². The van der Waals surface area contributed by atoms with Crippen LogP contribution in [0.4, 0.5) is 0 Å². The first-order chi connectivity index (χ1) is 21.3. The van der Waals surface area contributed by atoms with Crippen molar-refractivity contribution in [1.82, 2.24) is 9.97 Å². The molecule has 0 unspecified atom stereocenters.